The van der Waals surface area contributed by atoms with Gasteiger partial charge >= 0.3 is 0 Å². The number of halogens is 1. The molecule has 0 atom stereocenters. The van der Waals surface area contributed by atoms with Crippen LogP contribution in [0.4, 0.5) is 4.39 Å². The zero-order chi connectivity index (χ0) is 23.7. The second-order valence-electron chi connectivity index (χ2n) is 6.98. The van der Waals surface area contributed by atoms with Crippen molar-refractivity contribution in [2.24, 2.45) is 0 Å². The third kappa shape index (κ3) is 7.75. The first-order valence-electron chi connectivity index (χ1n) is 9.72. The standard InChI is InChI=1S/C21H25FN4O5S/c1-14-3-7-17(8-4-14)32(30,31)26-13-20(28)25-12-19(27)23-9-10-24-21(29)16-6-5-15(2)18(22)11-16/h3-8,11,26H,9-10,12-13H2,1-2H3,(H,23,27)(H,24,29)(H,25,28). The van der Waals surface area contributed by atoms with Gasteiger partial charge in [-0.25, -0.2) is 17.5 Å². The first-order chi connectivity index (χ1) is 15.1. The lowest BCUT2D eigenvalue weighted by Crippen LogP contribution is -2.43. The largest absolute Gasteiger partial charge is 0.353 e. The van der Waals surface area contributed by atoms with Crippen LogP contribution in [0.5, 0.6) is 0 Å². The number of aryl methyl sites for hydroxylation is 2. The Kier molecular flexibility index (Phi) is 8.85. The van der Waals surface area contributed by atoms with Crippen molar-refractivity contribution in [3.8, 4) is 0 Å². The summed E-state index contributed by atoms with van der Waals surface area (Å²) in [4.78, 5) is 35.5. The van der Waals surface area contributed by atoms with Gasteiger partial charge in [0.2, 0.25) is 21.8 Å². The van der Waals surface area contributed by atoms with Crippen molar-refractivity contribution in [1.29, 1.82) is 0 Å². The highest BCUT2D eigenvalue weighted by Gasteiger charge is 2.15. The number of hydrogen-bond donors (Lipinski definition) is 4. The van der Waals surface area contributed by atoms with Crippen LogP contribution in [0, 0.1) is 19.7 Å². The highest BCUT2D eigenvalue weighted by Crippen LogP contribution is 2.10. The molecule has 0 bridgehead atoms. The fourth-order valence-corrected chi connectivity index (χ4v) is 3.46. The lowest BCUT2D eigenvalue weighted by molar-refractivity contribution is -0.125. The van der Waals surface area contributed by atoms with Crippen LogP contribution in [0.3, 0.4) is 0 Å². The SMILES string of the molecule is Cc1ccc(S(=O)(=O)NCC(=O)NCC(=O)NCCNC(=O)c2ccc(C)c(F)c2)cc1. The van der Waals surface area contributed by atoms with Gasteiger partial charge in [0.25, 0.3) is 5.91 Å². The van der Waals surface area contributed by atoms with E-state index in [1.54, 1.807) is 19.1 Å². The molecule has 32 heavy (non-hydrogen) atoms. The molecule has 0 saturated heterocycles. The van der Waals surface area contributed by atoms with Gasteiger partial charge in [0.05, 0.1) is 18.0 Å². The summed E-state index contributed by atoms with van der Waals surface area (Å²) in [7, 11) is -3.84. The van der Waals surface area contributed by atoms with E-state index < -0.39 is 40.1 Å². The highest BCUT2D eigenvalue weighted by atomic mass is 32.2. The molecule has 0 radical (unpaired) electrons. The molecule has 0 aliphatic heterocycles. The van der Waals surface area contributed by atoms with Gasteiger partial charge in [-0.3, -0.25) is 14.4 Å². The number of nitrogens with one attached hydrogen (secondary N) is 4. The van der Waals surface area contributed by atoms with Crippen LogP contribution in [0.15, 0.2) is 47.4 Å². The van der Waals surface area contributed by atoms with Gasteiger partial charge in [0.1, 0.15) is 5.82 Å². The normalized spacial score (nSPS) is 11.0. The molecule has 0 saturated carbocycles. The van der Waals surface area contributed by atoms with E-state index >= 15 is 0 Å². The molecule has 0 aromatic heterocycles. The monoisotopic (exact) mass is 464 g/mol. The number of rotatable bonds is 10. The maximum absolute atomic E-state index is 13.5. The first kappa shape index (κ1) is 25.0. The zero-order valence-corrected chi connectivity index (χ0v) is 18.5. The van der Waals surface area contributed by atoms with Crippen molar-refractivity contribution < 1.29 is 27.2 Å². The molecule has 0 aliphatic rings. The molecule has 4 N–H and O–H groups in total. The number of carbonyl (C=O) groups excluding carboxylic acids is 3. The second-order valence-corrected chi connectivity index (χ2v) is 8.75. The van der Waals surface area contributed by atoms with Gasteiger partial charge in [-0.1, -0.05) is 23.8 Å². The number of hydrogen-bond acceptors (Lipinski definition) is 5. The fraction of sp³-hybridized carbons (Fsp3) is 0.286. The Morgan fingerprint density at radius 2 is 1.47 bits per heavy atom. The van der Waals surface area contributed by atoms with Crippen LogP contribution in [-0.4, -0.2) is 52.3 Å². The number of sulfonamides is 1. The van der Waals surface area contributed by atoms with Crippen LogP contribution in [0.1, 0.15) is 21.5 Å². The van der Waals surface area contributed by atoms with Crippen molar-refractivity contribution >= 4 is 27.7 Å². The van der Waals surface area contributed by atoms with Crippen molar-refractivity contribution in [3.05, 3.63) is 65.0 Å². The number of amides is 3. The number of benzene rings is 2. The fourth-order valence-electron chi connectivity index (χ4n) is 2.48. The molecule has 0 fully saturated rings. The molecule has 172 valence electrons. The van der Waals surface area contributed by atoms with Gasteiger partial charge in [0, 0.05) is 18.7 Å². The van der Waals surface area contributed by atoms with Crippen molar-refractivity contribution in [2.45, 2.75) is 18.7 Å². The van der Waals surface area contributed by atoms with Crippen LogP contribution in [0.25, 0.3) is 0 Å². The first-order valence-corrected chi connectivity index (χ1v) is 11.2. The lowest BCUT2D eigenvalue weighted by Gasteiger charge is -2.09. The Hall–Kier alpha value is -3.31. The predicted molar refractivity (Wildman–Crippen MR) is 116 cm³/mol. The average molecular weight is 465 g/mol. The summed E-state index contributed by atoms with van der Waals surface area (Å²) >= 11 is 0. The molecule has 9 nitrogen and oxygen atoms in total. The summed E-state index contributed by atoms with van der Waals surface area (Å²) in [5.41, 5.74) is 1.50. The van der Waals surface area contributed by atoms with E-state index in [9.17, 15) is 27.2 Å². The molecular formula is C21H25FN4O5S. The van der Waals surface area contributed by atoms with Crippen LogP contribution in [-0.2, 0) is 19.6 Å². The molecule has 2 aromatic rings. The van der Waals surface area contributed by atoms with E-state index in [-0.39, 0.29) is 30.1 Å². The summed E-state index contributed by atoms with van der Waals surface area (Å²) in [5, 5.41) is 7.32. The Labute approximate surface area is 185 Å². The van der Waals surface area contributed by atoms with Crippen molar-refractivity contribution in [1.82, 2.24) is 20.7 Å². The second kappa shape index (κ2) is 11.3. The molecule has 2 aromatic carbocycles. The Bertz CT molecular complexity index is 1090. The third-order valence-electron chi connectivity index (χ3n) is 4.37. The summed E-state index contributed by atoms with van der Waals surface area (Å²) in [6, 6.07) is 10.3. The molecule has 0 aliphatic carbocycles. The third-order valence-corrected chi connectivity index (χ3v) is 5.78. The maximum Gasteiger partial charge on any atom is 0.251 e. The van der Waals surface area contributed by atoms with Gasteiger partial charge in [0.15, 0.2) is 0 Å². The van der Waals surface area contributed by atoms with E-state index in [0.717, 1.165) is 11.6 Å². The minimum Gasteiger partial charge on any atom is -0.353 e. The van der Waals surface area contributed by atoms with E-state index in [1.165, 1.54) is 24.3 Å². The summed E-state index contributed by atoms with van der Waals surface area (Å²) in [5.74, 6) is -2.16. The van der Waals surface area contributed by atoms with Crippen LogP contribution >= 0.6 is 0 Å². The van der Waals surface area contributed by atoms with Gasteiger partial charge in [-0.15, -0.1) is 0 Å². The molecular weight excluding hydrogens is 439 g/mol. The van der Waals surface area contributed by atoms with E-state index in [4.69, 9.17) is 0 Å². The molecule has 3 amide bonds. The van der Waals surface area contributed by atoms with Crippen molar-refractivity contribution in [2.75, 3.05) is 26.2 Å². The van der Waals surface area contributed by atoms with Crippen molar-refractivity contribution in [3.63, 3.8) is 0 Å². The van der Waals surface area contributed by atoms with E-state index in [2.05, 4.69) is 20.7 Å². The maximum atomic E-state index is 13.5. The van der Waals surface area contributed by atoms with Gasteiger partial charge in [-0.05, 0) is 43.7 Å². The molecule has 0 spiro atoms. The summed E-state index contributed by atoms with van der Waals surface area (Å²) in [6.07, 6.45) is 0. The molecule has 0 unspecified atom stereocenters. The predicted octanol–water partition coefficient (Wildman–Crippen LogP) is 0.383. The van der Waals surface area contributed by atoms with Gasteiger partial charge in [-0.2, -0.15) is 0 Å². The average Bonchev–Trinajstić information content (AvgIpc) is 2.76. The lowest BCUT2D eigenvalue weighted by atomic mass is 10.1. The minimum absolute atomic E-state index is 0.0315. The smallest absolute Gasteiger partial charge is 0.251 e. The van der Waals surface area contributed by atoms with Crippen LogP contribution in [0.2, 0.25) is 0 Å². The summed E-state index contributed by atoms with van der Waals surface area (Å²) in [6.45, 7) is 2.72. The Morgan fingerprint density at radius 1 is 0.844 bits per heavy atom. The van der Waals surface area contributed by atoms with E-state index in [1.807, 2.05) is 6.92 Å². The minimum atomic E-state index is -3.84. The Morgan fingerprint density at radius 3 is 2.12 bits per heavy atom. The van der Waals surface area contributed by atoms with Gasteiger partial charge < -0.3 is 16.0 Å². The zero-order valence-electron chi connectivity index (χ0n) is 17.7. The molecule has 11 heteroatoms. The topological polar surface area (TPSA) is 133 Å². The quantitative estimate of drug-likeness (QED) is 0.378. The summed E-state index contributed by atoms with van der Waals surface area (Å²) < 4.78 is 39.9. The number of carbonyl (C=O) groups is 3. The van der Waals surface area contributed by atoms with Crippen LogP contribution < -0.4 is 20.7 Å². The molecule has 0 heterocycles. The highest BCUT2D eigenvalue weighted by molar-refractivity contribution is 7.89. The van der Waals surface area contributed by atoms with E-state index in [0.29, 0.717) is 5.56 Å². The Balaban J connectivity index is 1.65. The molecule has 2 rings (SSSR count).